The van der Waals surface area contributed by atoms with Gasteiger partial charge in [0.05, 0.1) is 16.4 Å². The lowest BCUT2D eigenvalue weighted by molar-refractivity contribution is -0.136. The lowest BCUT2D eigenvalue weighted by Crippen LogP contribution is -2.25. The van der Waals surface area contributed by atoms with Crippen LogP contribution in [0, 0.1) is 0 Å². The number of hydrogen-bond acceptors (Lipinski definition) is 8. The Bertz CT molecular complexity index is 1730. The molecule has 0 unspecified atom stereocenters. The summed E-state index contributed by atoms with van der Waals surface area (Å²) in [6.45, 7) is 16.5. The zero-order chi connectivity index (χ0) is 45.0. The van der Waals surface area contributed by atoms with Crippen molar-refractivity contribution in [1.82, 2.24) is 0 Å². The molecule has 0 radical (unpaired) electrons. The molecule has 5 aliphatic rings. The quantitative estimate of drug-likeness (QED) is 0.126. The molecule has 1 saturated heterocycles. The molecule has 0 aromatic heterocycles. The van der Waals surface area contributed by atoms with Gasteiger partial charge in [0, 0.05) is 38.0 Å². The Morgan fingerprint density at radius 3 is 1.50 bits per heavy atom. The molecule has 4 aliphatic carbocycles. The Morgan fingerprint density at radius 1 is 0.724 bits per heavy atom. The molecule has 0 bridgehead atoms. The number of halogens is 3. The minimum atomic E-state index is -5.52. The second-order valence-corrected chi connectivity index (χ2v) is 16.6. The molecule has 0 amide bonds. The highest BCUT2D eigenvalue weighted by Gasteiger charge is 2.48. The highest BCUT2D eigenvalue weighted by Crippen LogP contribution is 2.32. The largest absolute Gasteiger partial charge is 0.534 e. The predicted octanol–water partition coefficient (Wildman–Crippen LogP) is 12.8. The predicted molar refractivity (Wildman–Crippen MR) is 231 cm³/mol. The molecule has 0 aromatic rings. The Balaban J connectivity index is 0. The van der Waals surface area contributed by atoms with Crippen LogP contribution in [0.1, 0.15) is 169 Å². The van der Waals surface area contributed by atoms with E-state index in [1.807, 2.05) is 26.0 Å². The van der Waals surface area contributed by atoms with E-state index in [-0.39, 0.29) is 33.0 Å². The van der Waals surface area contributed by atoms with Crippen LogP contribution in [0.5, 0.6) is 0 Å². The third-order valence-corrected chi connectivity index (χ3v) is 11.0. The third kappa shape index (κ3) is 22.2. The number of ketones is 1. The average molecular weight is 848 g/mol. The summed E-state index contributed by atoms with van der Waals surface area (Å²) in [5.41, 5.74) is 6.66. The van der Waals surface area contributed by atoms with Crippen molar-refractivity contribution in [2.45, 2.75) is 172 Å². The first-order valence-electron chi connectivity index (χ1n) is 20.9. The van der Waals surface area contributed by atoms with Crippen molar-refractivity contribution in [3.05, 3.63) is 79.7 Å². The van der Waals surface area contributed by atoms with Gasteiger partial charge in [-0.25, -0.2) is 4.79 Å². The summed E-state index contributed by atoms with van der Waals surface area (Å²) in [5.74, 6) is 0.130. The van der Waals surface area contributed by atoms with Crippen LogP contribution >= 0.6 is 0 Å². The SMILES string of the molecule is C.C.C1CCOC1.CC(C)=C1CC=C(OS(=O)(=O)C(F)(F)F)CC1.CC(C)=C1CCC(=O)CC1.COC(=O)C1=CCC(=C(C)C)CC1.[2H]OC([2H])([2H])C1=CCC(=C(C)C)CC1. The van der Waals surface area contributed by atoms with Crippen molar-refractivity contribution in [2.75, 3.05) is 26.9 Å². The van der Waals surface area contributed by atoms with E-state index in [2.05, 4.69) is 55.6 Å². The summed E-state index contributed by atoms with van der Waals surface area (Å²) in [6.07, 6.45) is 17.6. The summed E-state index contributed by atoms with van der Waals surface area (Å²) in [5, 5.41) is 4.07. The number of ether oxygens (including phenoxy) is 2. The van der Waals surface area contributed by atoms with Gasteiger partial charge in [-0.2, -0.15) is 21.6 Å². The normalized spacial score (nSPS) is 18.7. The zero-order valence-corrected chi connectivity index (χ0v) is 35.9. The van der Waals surface area contributed by atoms with Crippen LogP contribution in [0.2, 0.25) is 0 Å². The zero-order valence-electron chi connectivity index (χ0n) is 38.1. The molecule has 334 valence electrons. The molecule has 1 saturated carbocycles. The van der Waals surface area contributed by atoms with E-state index in [1.54, 1.807) is 0 Å². The monoisotopic (exact) mass is 848 g/mol. The van der Waals surface area contributed by atoms with Crippen molar-refractivity contribution in [3.8, 4) is 0 Å². The molecule has 1 heterocycles. The fourth-order valence-corrected chi connectivity index (χ4v) is 6.59. The van der Waals surface area contributed by atoms with Gasteiger partial charge in [0.2, 0.25) is 1.43 Å². The first-order chi connectivity index (χ1) is 27.4. The molecule has 2 fully saturated rings. The van der Waals surface area contributed by atoms with E-state index >= 15 is 0 Å². The van der Waals surface area contributed by atoms with Gasteiger partial charge in [0.15, 0.2) is 0 Å². The van der Waals surface area contributed by atoms with Gasteiger partial charge in [0.25, 0.3) is 0 Å². The van der Waals surface area contributed by atoms with Crippen LogP contribution in [-0.2, 0) is 33.4 Å². The second-order valence-electron chi connectivity index (χ2n) is 15.1. The maximum atomic E-state index is 12.0. The summed E-state index contributed by atoms with van der Waals surface area (Å²) in [4.78, 5) is 21.9. The van der Waals surface area contributed by atoms with Crippen molar-refractivity contribution < 1.29 is 52.7 Å². The first kappa shape index (κ1) is 50.9. The second kappa shape index (κ2) is 29.1. The van der Waals surface area contributed by atoms with Gasteiger partial charge in [-0.15, -0.1) is 0 Å². The minimum absolute atomic E-state index is 0. The summed E-state index contributed by atoms with van der Waals surface area (Å²) in [7, 11) is -4.09. The van der Waals surface area contributed by atoms with Crippen LogP contribution in [0.4, 0.5) is 13.2 Å². The van der Waals surface area contributed by atoms with Crippen molar-refractivity contribution in [2.24, 2.45) is 0 Å². The Hall–Kier alpha value is -3.22. The number of Topliss-reactive ketones (excluding diaryl/α,β-unsaturated/α-hetero) is 1. The molecule has 0 aromatic carbocycles. The lowest BCUT2D eigenvalue weighted by Gasteiger charge is -2.18. The van der Waals surface area contributed by atoms with E-state index in [1.165, 1.54) is 59.5 Å². The van der Waals surface area contributed by atoms with Crippen LogP contribution < -0.4 is 0 Å². The van der Waals surface area contributed by atoms with Crippen LogP contribution in [0.15, 0.2) is 79.7 Å². The van der Waals surface area contributed by atoms with E-state index in [4.69, 9.17) is 8.91 Å². The number of esters is 1. The highest BCUT2D eigenvalue weighted by molar-refractivity contribution is 7.87. The summed E-state index contributed by atoms with van der Waals surface area (Å²) < 4.78 is 92.7. The number of rotatable bonds is 5. The van der Waals surface area contributed by atoms with E-state index in [9.17, 15) is 31.2 Å². The van der Waals surface area contributed by atoms with Gasteiger partial charge >= 0.3 is 21.6 Å². The number of methoxy groups -OCH3 is 1. The molecule has 1 aliphatic heterocycles. The van der Waals surface area contributed by atoms with Crippen molar-refractivity contribution >= 4 is 21.9 Å². The molecule has 58 heavy (non-hydrogen) atoms. The Morgan fingerprint density at radius 2 is 1.17 bits per heavy atom. The topological polar surface area (TPSA) is 116 Å². The van der Waals surface area contributed by atoms with Crippen LogP contribution in [-0.4, -0.2) is 59.1 Å². The van der Waals surface area contributed by atoms with Crippen molar-refractivity contribution in [3.63, 3.8) is 0 Å². The molecule has 0 spiro atoms. The standard InChI is InChI=1S/C11H16O2.C10H13F3O3S.C10H16O.C9H14O.C4H8O.2CH4/c1-8(2)9-4-6-10(7-5-9)11(12)13-3;1-7(2)8-3-5-9(6-4-8)16-17(14,15)10(11,12)13;1-8(2)10-5-3-9(7-11)4-6-10;1-7(2)8-3-5-9(10)6-4-8;1-2-4-5-3-1;;/h6H,4-5,7H2,1-3H3;5H,3-4,6H2,1-2H3;3,11H,4-7H2,1-2H3;3-6H2,1-2H3;1-4H2;2*1H4/i;;7D2,11D;;;;. The summed E-state index contributed by atoms with van der Waals surface area (Å²) in [6, 6.07) is 0. The number of hydrogen-bond donors (Lipinski definition) is 1. The number of carbonyl (C=O) groups excluding carboxylic acids is 2. The van der Waals surface area contributed by atoms with Gasteiger partial charge in [-0.1, -0.05) is 71.6 Å². The van der Waals surface area contributed by atoms with Gasteiger partial charge in [0.1, 0.15) is 11.5 Å². The number of carbonyl (C=O) groups is 2. The maximum absolute atomic E-state index is 12.0. The number of allylic oxidation sites excluding steroid dienone is 12. The highest BCUT2D eigenvalue weighted by atomic mass is 32.2. The fraction of sp³-hybridized carbons (Fsp3) is 0.652. The average Bonchev–Trinajstić information content (AvgIpc) is 3.79. The molecule has 0 atom stereocenters. The molecular weight excluding hydrogens is 770 g/mol. The third-order valence-electron chi connectivity index (χ3n) is 9.98. The van der Waals surface area contributed by atoms with Gasteiger partial charge < -0.3 is 18.8 Å². The van der Waals surface area contributed by atoms with Crippen molar-refractivity contribution in [1.29, 1.82) is 1.43 Å². The molecule has 5 rings (SSSR count). The Labute approximate surface area is 353 Å². The fourth-order valence-electron chi connectivity index (χ4n) is 6.06. The van der Waals surface area contributed by atoms with Gasteiger partial charge in [-0.05, 0) is 144 Å². The molecule has 8 nitrogen and oxygen atoms in total. The first-order valence-corrected chi connectivity index (χ1v) is 20.9. The van der Waals surface area contributed by atoms with E-state index in [0.29, 0.717) is 30.6 Å². The van der Waals surface area contributed by atoms with Crippen LogP contribution in [0.25, 0.3) is 0 Å². The van der Waals surface area contributed by atoms with E-state index < -0.39 is 22.2 Å². The summed E-state index contributed by atoms with van der Waals surface area (Å²) >= 11 is 0. The number of aliphatic hydroxyl groups is 1. The number of alkyl halides is 3. The van der Waals surface area contributed by atoms with Crippen LogP contribution in [0.3, 0.4) is 0 Å². The van der Waals surface area contributed by atoms with E-state index in [0.717, 1.165) is 87.7 Å². The smallest absolute Gasteiger partial charge is 0.466 e. The lowest BCUT2D eigenvalue weighted by atomic mass is 9.91. The molecule has 12 heteroatoms. The Kier molecular flexibility index (Phi) is 25.5. The minimum Gasteiger partial charge on any atom is -0.466 e. The maximum Gasteiger partial charge on any atom is 0.534 e. The molecular formula is C46H75F3O8S. The van der Waals surface area contributed by atoms with Gasteiger partial charge in [-0.3, -0.25) is 4.79 Å². The molecule has 1 N–H and O–H groups in total.